The van der Waals surface area contributed by atoms with Gasteiger partial charge in [0.05, 0.1) is 5.69 Å². The van der Waals surface area contributed by atoms with Crippen molar-refractivity contribution in [1.29, 1.82) is 0 Å². The Morgan fingerprint density at radius 3 is 2.58 bits per heavy atom. The summed E-state index contributed by atoms with van der Waals surface area (Å²) in [6.45, 7) is 0. The quantitative estimate of drug-likeness (QED) is 0.740. The minimum Gasteiger partial charge on any atom is -0.506 e. The number of nitrogens with two attached hydrogens (primary N) is 1. The van der Waals surface area contributed by atoms with E-state index < -0.39 is 17.8 Å². The summed E-state index contributed by atoms with van der Waals surface area (Å²) in [4.78, 5) is 11.9. The van der Waals surface area contributed by atoms with Gasteiger partial charge in [-0.15, -0.1) is 0 Å². The van der Waals surface area contributed by atoms with Crippen LogP contribution in [0, 0.1) is 5.82 Å². The molecule has 5 heteroatoms. The van der Waals surface area contributed by atoms with E-state index in [0.29, 0.717) is 5.56 Å². The SMILES string of the molecule is N[C@H](C(=O)Nc1cc(F)ccc1O)c1ccccc1. The molecule has 19 heavy (non-hydrogen) atoms. The Morgan fingerprint density at radius 1 is 1.21 bits per heavy atom. The number of benzene rings is 2. The van der Waals surface area contributed by atoms with Crippen LogP contribution in [-0.4, -0.2) is 11.0 Å². The maximum atomic E-state index is 13.0. The van der Waals surface area contributed by atoms with Crippen LogP contribution < -0.4 is 11.1 Å². The molecule has 2 aromatic carbocycles. The number of amides is 1. The Kier molecular flexibility index (Phi) is 3.77. The molecular formula is C14H13FN2O2. The number of hydrogen-bond donors (Lipinski definition) is 3. The molecule has 4 N–H and O–H groups in total. The molecule has 1 atom stereocenters. The fourth-order valence-electron chi connectivity index (χ4n) is 1.63. The predicted molar refractivity (Wildman–Crippen MR) is 70.1 cm³/mol. The minimum atomic E-state index is -0.885. The third-order valence-corrected chi connectivity index (χ3v) is 2.66. The molecule has 0 saturated heterocycles. The Hall–Kier alpha value is -2.40. The van der Waals surface area contributed by atoms with E-state index in [1.807, 2.05) is 6.07 Å². The van der Waals surface area contributed by atoms with Crippen LogP contribution in [0.2, 0.25) is 0 Å². The second-order valence-electron chi connectivity index (χ2n) is 4.04. The van der Waals surface area contributed by atoms with Gasteiger partial charge in [-0.25, -0.2) is 4.39 Å². The monoisotopic (exact) mass is 260 g/mol. The molecule has 0 radical (unpaired) electrons. The van der Waals surface area contributed by atoms with Gasteiger partial charge in [-0.2, -0.15) is 0 Å². The number of hydrogen-bond acceptors (Lipinski definition) is 3. The molecule has 0 spiro atoms. The van der Waals surface area contributed by atoms with E-state index >= 15 is 0 Å². The molecule has 0 bridgehead atoms. The lowest BCUT2D eigenvalue weighted by molar-refractivity contribution is -0.117. The smallest absolute Gasteiger partial charge is 0.245 e. The van der Waals surface area contributed by atoms with E-state index in [4.69, 9.17) is 5.73 Å². The Morgan fingerprint density at radius 2 is 1.89 bits per heavy atom. The number of carbonyl (C=O) groups excluding carboxylic acids is 1. The first-order valence-electron chi connectivity index (χ1n) is 5.68. The number of anilines is 1. The molecule has 0 aromatic heterocycles. The molecule has 4 nitrogen and oxygen atoms in total. The van der Waals surface area contributed by atoms with Crippen LogP contribution >= 0.6 is 0 Å². The first-order chi connectivity index (χ1) is 9.08. The highest BCUT2D eigenvalue weighted by Crippen LogP contribution is 2.24. The van der Waals surface area contributed by atoms with Gasteiger partial charge in [0.2, 0.25) is 5.91 Å². The van der Waals surface area contributed by atoms with Crippen LogP contribution in [0.1, 0.15) is 11.6 Å². The first kappa shape index (κ1) is 13.0. The third kappa shape index (κ3) is 3.08. The van der Waals surface area contributed by atoms with Gasteiger partial charge in [-0.1, -0.05) is 30.3 Å². The molecule has 98 valence electrons. The number of rotatable bonds is 3. The Balaban J connectivity index is 2.15. The lowest BCUT2D eigenvalue weighted by Crippen LogP contribution is -2.27. The van der Waals surface area contributed by atoms with Gasteiger partial charge in [0, 0.05) is 6.07 Å². The first-order valence-corrected chi connectivity index (χ1v) is 5.68. The second-order valence-corrected chi connectivity index (χ2v) is 4.04. The van der Waals surface area contributed by atoms with Gasteiger partial charge < -0.3 is 16.2 Å². The molecular weight excluding hydrogens is 247 g/mol. The standard InChI is InChI=1S/C14H13FN2O2/c15-10-6-7-12(18)11(8-10)17-14(19)13(16)9-4-2-1-3-5-9/h1-8,13,18H,16H2,(H,17,19)/t13-/m0/s1. The zero-order valence-electron chi connectivity index (χ0n) is 10.0. The van der Waals surface area contributed by atoms with Gasteiger partial charge in [0.15, 0.2) is 0 Å². The van der Waals surface area contributed by atoms with Crippen LogP contribution in [0.15, 0.2) is 48.5 Å². The highest BCUT2D eigenvalue weighted by molar-refractivity contribution is 5.96. The average molecular weight is 260 g/mol. The molecule has 0 aliphatic carbocycles. The molecule has 1 amide bonds. The van der Waals surface area contributed by atoms with E-state index in [2.05, 4.69) is 5.32 Å². The number of phenols is 1. The largest absolute Gasteiger partial charge is 0.506 e. The molecule has 0 aliphatic heterocycles. The lowest BCUT2D eigenvalue weighted by Gasteiger charge is -2.13. The van der Waals surface area contributed by atoms with Gasteiger partial charge in [-0.3, -0.25) is 4.79 Å². The topological polar surface area (TPSA) is 75.4 Å². The van der Waals surface area contributed by atoms with E-state index in [0.717, 1.165) is 12.1 Å². The summed E-state index contributed by atoms with van der Waals surface area (Å²) in [5, 5.41) is 11.9. The van der Waals surface area contributed by atoms with E-state index in [1.165, 1.54) is 6.07 Å². The van der Waals surface area contributed by atoms with Gasteiger partial charge in [-0.05, 0) is 17.7 Å². The van der Waals surface area contributed by atoms with Crippen molar-refractivity contribution < 1.29 is 14.3 Å². The van der Waals surface area contributed by atoms with Crippen LogP contribution in [0.4, 0.5) is 10.1 Å². The summed E-state index contributed by atoms with van der Waals surface area (Å²) >= 11 is 0. The normalized spacial score (nSPS) is 11.9. The summed E-state index contributed by atoms with van der Waals surface area (Å²) in [6.07, 6.45) is 0. The van der Waals surface area contributed by atoms with E-state index in [-0.39, 0.29) is 11.4 Å². The minimum absolute atomic E-state index is 0.00335. The number of carbonyl (C=O) groups is 1. The van der Waals surface area contributed by atoms with Crippen LogP contribution in [0.25, 0.3) is 0 Å². The van der Waals surface area contributed by atoms with Crippen molar-refractivity contribution in [1.82, 2.24) is 0 Å². The fourth-order valence-corrected chi connectivity index (χ4v) is 1.63. The number of nitrogens with one attached hydrogen (secondary N) is 1. The molecule has 0 aliphatic rings. The summed E-state index contributed by atoms with van der Waals surface area (Å²) in [6, 6.07) is 11.2. The zero-order chi connectivity index (χ0) is 13.8. The number of halogens is 1. The Bertz CT molecular complexity index is 587. The van der Waals surface area contributed by atoms with E-state index in [1.54, 1.807) is 24.3 Å². The predicted octanol–water partition coefficient (Wildman–Crippen LogP) is 2.17. The zero-order valence-corrected chi connectivity index (χ0v) is 10.0. The summed E-state index contributed by atoms with van der Waals surface area (Å²) in [7, 11) is 0. The van der Waals surface area contributed by atoms with Crippen molar-refractivity contribution in [3.63, 3.8) is 0 Å². The van der Waals surface area contributed by atoms with Crippen LogP contribution in [0.3, 0.4) is 0 Å². The fraction of sp³-hybridized carbons (Fsp3) is 0.0714. The van der Waals surface area contributed by atoms with Gasteiger partial charge >= 0.3 is 0 Å². The van der Waals surface area contributed by atoms with Crippen molar-refractivity contribution >= 4 is 11.6 Å². The van der Waals surface area contributed by atoms with Crippen LogP contribution in [0.5, 0.6) is 5.75 Å². The molecule has 0 heterocycles. The molecule has 0 fully saturated rings. The maximum Gasteiger partial charge on any atom is 0.245 e. The van der Waals surface area contributed by atoms with Gasteiger partial charge in [0.25, 0.3) is 0 Å². The third-order valence-electron chi connectivity index (χ3n) is 2.66. The lowest BCUT2D eigenvalue weighted by atomic mass is 10.1. The Labute approximate surface area is 109 Å². The number of aromatic hydroxyl groups is 1. The molecule has 0 saturated carbocycles. The highest BCUT2D eigenvalue weighted by atomic mass is 19.1. The van der Waals surface area contributed by atoms with Crippen molar-refractivity contribution in [2.75, 3.05) is 5.32 Å². The number of phenolic OH excluding ortho intramolecular Hbond substituents is 1. The highest BCUT2D eigenvalue weighted by Gasteiger charge is 2.17. The molecule has 2 rings (SSSR count). The maximum absolute atomic E-state index is 13.0. The van der Waals surface area contributed by atoms with Gasteiger partial charge in [0.1, 0.15) is 17.6 Å². The summed E-state index contributed by atoms with van der Waals surface area (Å²) in [5.41, 5.74) is 6.42. The molecule has 0 unspecified atom stereocenters. The van der Waals surface area contributed by atoms with Crippen molar-refractivity contribution in [3.05, 3.63) is 59.9 Å². The molecule has 2 aromatic rings. The van der Waals surface area contributed by atoms with Crippen molar-refractivity contribution in [2.45, 2.75) is 6.04 Å². The summed E-state index contributed by atoms with van der Waals surface area (Å²) in [5.74, 6) is -1.29. The second kappa shape index (κ2) is 5.49. The van der Waals surface area contributed by atoms with E-state index in [9.17, 15) is 14.3 Å². The van der Waals surface area contributed by atoms with Crippen molar-refractivity contribution in [3.8, 4) is 5.75 Å². The van der Waals surface area contributed by atoms with Crippen molar-refractivity contribution in [2.24, 2.45) is 5.73 Å². The summed E-state index contributed by atoms with van der Waals surface area (Å²) < 4.78 is 13.0. The van der Waals surface area contributed by atoms with Crippen LogP contribution in [-0.2, 0) is 4.79 Å². The average Bonchev–Trinajstić information content (AvgIpc) is 2.43.